The highest BCUT2D eigenvalue weighted by Crippen LogP contribution is 2.37. The van der Waals surface area contributed by atoms with E-state index in [0.717, 1.165) is 0 Å². The van der Waals surface area contributed by atoms with E-state index in [-0.39, 0.29) is 24.3 Å². The predicted molar refractivity (Wildman–Crippen MR) is 52.8 cm³/mol. The number of aliphatic hydroxyl groups excluding tert-OH is 1. The van der Waals surface area contributed by atoms with E-state index < -0.39 is 12.0 Å². The Balaban J connectivity index is 2.38. The lowest BCUT2D eigenvalue weighted by molar-refractivity contribution is -0.150. The van der Waals surface area contributed by atoms with Gasteiger partial charge < -0.3 is 15.9 Å². The van der Waals surface area contributed by atoms with Gasteiger partial charge in [-0.1, -0.05) is 0 Å². The smallest absolute Gasteiger partial charge is 0.353 e. The zero-order valence-corrected chi connectivity index (χ0v) is 8.53. The molecule has 0 radical (unpaired) electrons. The highest BCUT2D eigenvalue weighted by atomic mass is 32.2. The van der Waals surface area contributed by atoms with E-state index in [2.05, 4.69) is 0 Å². The van der Waals surface area contributed by atoms with Crippen LogP contribution in [0.15, 0.2) is 10.6 Å². The van der Waals surface area contributed by atoms with Crippen LogP contribution in [-0.2, 0) is 9.59 Å². The topological polar surface area (TPSA) is 104 Å². The summed E-state index contributed by atoms with van der Waals surface area (Å²) in [5.41, 5.74) is 5.42. The Morgan fingerprint density at radius 2 is 2.33 bits per heavy atom. The number of rotatable bonds is 2. The molecule has 2 unspecified atom stereocenters. The highest BCUT2D eigenvalue weighted by molar-refractivity contribution is 8.03. The lowest BCUT2D eigenvalue weighted by atomic mass is 9.96. The van der Waals surface area contributed by atoms with Gasteiger partial charge in [-0.15, -0.1) is 11.8 Å². The molecule has 2 aliphatic rings. The standard InChI is InChI=1S/C8H10N2O4S/c9-5-3-2-15-4(1-11)6(8(13)14)10(3)7(5)12/h3,5,11H,1-2,9H2,(H,13,14). The Bertz CT molecular complexity index is 368. The van der Waals surface area contributed by atoms with E-state index in [9.17, 15) is 9.59 Å². The van der Waals surface area contributed by atoms with Crippen molar-refractivity contribution in [3.05, 3.63) is 10.6 Å². The lowest BCUT2D eigenvalue weighted by Gasteiger charge is -2.48. The van der Waals surface area contributed by atoms with Crippen molar-refractivity contribution in [2.45, 2.75) is 12.1 Å². The van der Waals surface area contributed by atoms with Crippen molar-refractivity contribution in [3.63, 3.8) is 0 Å². The maximum absolute atomic E-state index is 11.4. The summed E-state index contributed by atoms with van der Waals surface area (Å²) in [7, 11) is 0. The van der Waals surface area contributed by atoms with Crippen LogP contribution in [0.4, 0.5) is 0 Å². The van der Waals surface area contributed by atoms with Crippen LogP contribution >= 0.6 is 11.8 Å². The molecule has 0 bridgehead atoms. The fraction of sp³-hybridized carbons (Fsp3) is 0.500. The number of nitrogens with zero attached hydrogens (tertiary/aromatic N) is 1. The monoisotopic (exact) mass is 230 g/mol. The number of aliphatic hydroxyl groups is 1. The van der Waals surface area contributed by atoms with Crippen molar-refractivity contribution in [1.29, 1.82) is 0 Å². The molecule has 0 aromatic heterocycles. The zero-order valence-electron chi connectivity index (χ0n) is 7.71. The van der Waals surface area contributed by atoms with E-state index in [1.165, 1.54) is 16.7 Å². The zero-order chi connectivity index (χ0) is 11.2. The second-order valence-corrected chi connectivity index (χ2v) is 4.46. The molecule has 1 saturated heterocycles. The number of carboxylic acids is 1. The summed E-state index contributed by atoms with van der Waals surface area (Å²) < 4.78 is 0. The average Bonchev–Trinajstić information content (AvgIpc) is 2.25. The van der Waals surface area contributed by atoms with Crippen molar-refractivity contribution < 1.29 is 19.8 Å². The molecule has 2 atom stereocenters. The minimum atomic E-state index is -1.20. The SMILES string of the molecule is NC1C(=O)N2C(C(=O)O)=C(CO)SCC12. The molecule has 0 aromatic carbocycles. The molecule has 2 heterocycles. The number of amides is 1. The van der Waals surface area contributed by atoms with Crippen LogP contribution in [0.5, 0.6) is 0 Å². The minimum Gasteiger partial charge on any atom is -0.477 e. The maximum Gasteiger partial charge on any atom is 0.353 e. The molecule has 0 saturated carbocycles. The number of carbonyl (C=O) groups is 2. The molecule has 4 N–H and O–H groups in total. The molecular formula is C8H10N2O4S. The first-order chi connectivity index (χ1) is 7.07. The summed E-state index contributed by atoms with van der Waals surface area (Å²) in [6.07, 6.45) is 0. The minimum absolute atomic E-state index is 0.120. The van der Waals surface area contributed by atoms with E-state index in [0.29, 0.717) is 10.7 Å². The number of nitrogens with two attached hydrogens (primary N) is 1. The number of hydrogen-bond donors (Lipinski definition) is 3. The highest BCUT2D eigenvalue weighted by Gasteiger charge is 2.51. The number of hydrogen-bond acceptors (Lipinski definition) is 5. The summed E-state index contributed by atoms with van der Waals surface area (Å²) >= 11 is 1.24. The fourth-order valence-corrected chi connectivity index (χ4v) is 2.89. The summed E-state index contributed by atoms with van der Waals surface area (Å²) in [4.78, 5) is 23.8. The van der Waals surface area contributed by atoms with Crippen LogP contribution in [0.25, 0.3) is 0 Å². The summed E-state index contributed by atoms with van der Waals surface area (Å²) in [5, 5.41) is 17.9. The fourth-order valence-electron chi connectivity index (χ4n) is 1.75. The van der Waals surface area contributed by atoms with Gasteiger partial charge in [0, 0.05) is 10.7 Å². The molecule has 1 amide bonds. The van der Waals surface area contributed by atoms with Gasteiger partial charge in [0.1, 0.15) is 11.7 Å². The van der Waals surface area contributed by atoms with E-state index >= 15 is 0 Å². The second-order valence-electron chi connectivity index (χ2n) is 3.35. The van der Waals surface area contributed by atoms with Crippen molar-refractivity contribution in [3.8, 4) is 0 Å². The Morgan fingerprint density at radius 3 is 2.87 bits per heavy atom. The van der Waals surface area contributed by atoms with Gasteiger partial charge >= 0.3 is 5.97 Å². The summed E-state index contributed by atoms with van der Waals surface area (Å²) in [6, 6.07) is -0.851. The predicted octanol–water partition coefficient (Wildman–Crippen LogP) is -1.44. The lowest BCUT2D eigenvalue weighted by Crippen LogP contribution is -2.70. The molecule has 15 heavy (non-hydrogen) atoms. The molecular weight excluding hydrogens is 220 g/mol. The Hall–Kier alpha value is -1.05. The summed E-state index contributed by atoms with van der Waals surface area (Å²) in [6.45, 7) is -0.363. The molecule has 2 rings (SSSR count). The number of carboxylic acid groups (broad SMARTS) is 1. The van der Waals surface area contributed by atoms with E-state index in [4.69, 9.17) is 15.9 Å². The van der Waals surface area contributed by atoms with Crippen molar-refractivity contribution >= 4 is 23.6 Å². The van der Waals surface area contributed by atoms with Gasteiger partial charge in [-0.3, -0.25) is 9.69 Å². The third-order valence-electron chi connectivity index (χ3n) is 2.55. The first-order valence-corrected chi connectivity index (χ1v) is 5.35. The van der Waals surface area contributed by atoms with Crippen molar-refractivity contribution in [1.82, 2.24) is 4.90 Å². The van der Waals surface area contributed by atoms with Gasteiger partial charge in [0.2, 0.25) is 5.91 Å². The molecule has 7 heteroatoms. The molecule has 0 aromatic rings. The first kappa shape index (κ1) is 10.5. The molecule has 0 spiro atoms. The third kappa shape index (κ3) is 1.35. The van der Waals surface area contributed by atoms with Gasteiger partial charge in [0.15, 0.2) is 0 Å². The Labute approximate surface area is 89.7 Å². The van der Waals surface area contributed by atoms with Crippen LogP contribution in [0.3, 0.4) is 0 Å². The van der Waals surface area contributed by atoms with Crippen molar-refractivity contribution in [2.75, 3.05) is 12.4 Å². The van der Waals surface area contributed by atoms with Crippen LogP contribution < -0.4 is 5.73 Å². The Morgan fingerprint density at radius 1 is 1.67 bits per heavy atom. The van der Waals surface area contributed by atoms with Crippen LogP contribution in [0, 0.1) is 0 Å². The van der Waals surface area contributed by atoms with Crippen molar-refractivity contribution in [2.24, 2.45) is 5.73 Å². The number of β-lactam (4-membered cyclic amide) rings is 1. The molecule has 6 nitrogen and oxygen atoms in total. The van der Waals surface area contributed by atoms with Crippen LogP contribution in [-0.4, -0.2) is 51.4 Å². The number of fused-ring (bicyclic) bond motifs is 1. The second kappa shape index (κ2) is 3.51. The normalized spacial score (nSPS) is 30.0. The number of thioether (sulfide) groups is 1. The Kier molecular flexibility index (Phi) is 2.45. The molecule has 1 fully saturated rings. The maximum atomic E-state index is 11.4. The summed E-state index contributed by atoms with van der Waals surface area (Å²) in [5.74, 6) is -1.04. The van der Waals surface area contributed by atoms with Gasteiger partial charge in [-0.2, -0.15) is 0 Å². The third-order valence-corrected chi connectivity index (χ3v) is 3.73. The number of carbonyl (C=O) groups excluding carboxylic acids is 1. The quantitative estimate of drug-likeness (QED) is 0.502. The van der Waals surface area contributed by atoms with Crippen LogP contribution in [0.1, 0.15) is 0 Å². The van der Waals surface area contributed by atoms with Gasteiger partial charge in [-0.05, 0) is 0 Å². The average molecular weight is 230 g/mol. The largest absolute Gasteiger partial charge is 0.477 e. The number of aliphatic carboxylic acids is 1. The van der Waals surface area contributed by atoms with Gasteiger partial charge in [-0.25, -0.2) is 4.79 Å². The molecule has 2 aliphatic heterocycles. The van der Waals surface area contributed by atoms with Crippen LogP contribution in [0.2, 0.25) is 0 Å². The van der Waals surface area contributed by atoms with E-state index in [1.54, 1.807) is 0 Å². The first-order valence-electron chi connectivity index (χ1n) is 4.36. The molecule has 82 valence electrons. The van der Waals surface area contributed by atoms with Gasteiger partial charge in [0.05, 0.1) is 12.6 Å². The van der Waals surface area contributed by atoms with E-state index in [1.807, 2.05) is 0 Å². The van der Waals surface area contributed by atoms with Gasteiger partial charge in [0.25, 0.3) is 0 Å². The molecule has 0 aliphatic carbocycles.